The van der Waals surface area contributed by atoms with E-state index < -0.39 is 0 Å². The van der Waals surface area contributed by atoms with Crippen molar-refractivity contribution in [2.45, 2.75) is 19.6 Å². The smallest absolute Gasteiger partial charge is 0.310 e. The first-order valence-corrected chi connectivity index (χ1v) is 9.61. The number of pyridine rings is 1. The molecule has 6 heteroatoms. The predicted molar refractivity (Wildman–Crippen MR) is 114 cm³/mol. The molecule has 0 aliphatic heterocycles. The minimum Gasteiger partial charge on any atom is -0.489 e. The van der Waals surface area contributed by atoms with Gasteiger partial charge in [-0.15, -0.1) is 0 Å². The molecule has 0 atom stereocenters. The lowest BCUT2D eigenvalue weighted by Gasteiger charge is -2.12. The second-order valence-corrected chi connectivity index (χ2v) is 6.87. The van der Waals surface area contributed by atoms with E-state index in [1.807, 2.05) is 54.6 Å². The molecule has 2 heterocycles. The Morgan fingerprint density at radius 2 is 2.00 bits per heavy atom. The van der Waals surface area contributed by atoms with Gasteiger partial charge in [0.05, 0.1) is 25.5 Å². The Labute approximate surface area is 174 Å². The Bertz CT molecular complexity index is 1180. The molecule has 0 radical (unpaired) electrons. The van der Waals surface area contributed by atoms with Crippen LogP contribution in [0.4, 0.5) is 0 Å². The van der Waals surface area contributed by atoms with E-state index in [2.05, 4.69) is 4.98 Å². The zero-order valence-electron chi connectivity index (χ0n) is 16.6. The van der Waals surface area contributed by atoms with Gasteiger partial charge in [-0.05, 0) is 47.5 Å². The van der Waals surface area contributed by atoms with E-state index in [0.717, 1.165) is 38.9 Å². The van der Waals surface area contributed by atoms with Crippen LogP contribution >= 0.6 is 0 Å². The molecule has 152 valence electrons. The molecule has 2 aromatic heterocycles. The van der Waals surface area contributed by atoms with Gasteiger partial charge in [-0.2, -0.15) is 0 Å². The Morgan fingerprint density at radius 3 is 2.83 bits per heavy atom. The van der Waals surface area contributed by atoms with Gasteiger partial charge >= 0.3 is 5.97 Å². The third-order valence-electron chi connectivity index (χ3n) is 4.88. The van der Waals surface area contributed by atoms with Gasteiger partial charge in [0, 0.05) is 29.3 Å². The summed E-state index contributed by atoms with van der Waals surface area (Å²) in [5.41, 5.74) is 11.1. The van der Waals surface area contributed by atoms with E-state index in [9.17, 15) is 4.79 Å². The number of para-hydroxylation sites is 1. The van der Waals surface area contributed by atoms with Crippen molar-refractivity contribution in [3.8, 4) is 16.9 Å². The van der Waals surface area contributed by atoms with Crippen molar-refractivity contribution < 1.29 is 18.7 Å². The molecule has 6 nitrogen and oxygen atoms in total. The first-order valence-electron chi connectivity index (χ1n) is 9.61. The average Bonchev–Trinajstić information content (AvgIpc) is 3.26. The van der Waals surface area contributed by atoms with Crippen LogP contribution < -0.4 is 10.5 Å². The standard InChI is InChI=1S/C24H22N2O4/c1-28-23(27)13-18-4-2-3-5-22(18)30-15-16-10-19-7-9-29-24(19)21(11-16)17-6-8-26-20(12-17)14-25/h2-12H,13-15,25H2,1H3. The number of ether oxygens (including phenoxy) is 2. The highest BCUT2D eigenvalue weighted by Crippen LogP contribution is 2.32. The van der Waals surface area contributed by atoms with Crippen LogP contribution in [0.25, 0.3) is 22.1 Å². The average molecular weight is 402 g/mol. The monoisotopic (exact) mass is 402 g/mol. The van der Waals surface area contributed by atoms with Gasteiger partial charge < -0.3 is 19.6 Å². The van der Waals surface area contributed by atoms with Gasteiger partial charge in [-0.1, -0.05) is 18.2 Å². The van der Waals surface area contributed by atoms with Crippen LogP contribution in [0.5, 0.6) is 5.75 Å². The van der Waals surface area contributed by atoms with Crippen LogP contribution in [0.2, 0.25) is 0 Å². The van der Waals surface area contributed by atoms with Crippen molar-refractivity contribution in [2.24, 2.45) is 5.73 Å². The first kappa shape index (κ1) is 19.7. The number of hydrogen-bond acceptors (Lipinski definition) is 6. The summed E-state index contributed by atoms with van der Waals surface area (Å²) in [6.07, 6.45) is 3.59. The summed E-state index contributed by atoms with van der Waals surface area (Å²) in [6.45, 7) is 0.718. The molecule has 0 saturated heterocycles. The number of hydrogen-bond donors (Lipinski definition) is 1. The zero-order valence-corrected chi connectivity index (χ0v) is 16.6. The largest absolute Gasteiger partial charge is 0.489 e. The van der Waals surface area contributed by atoms with Gasteiger partial charge in [0.2, 0.25) is 0 Å². The summed E-state index contributed by atoms with van der Waals surface area (Å²) in [7, 11) is 1.38. The van der Waals surface area contributed by atoms with E-state index in [1.165, 1.54) is 7.11 Å². The fourth-order valence-corrected chi connectivity index (χ4v) is 3.38. The maximum absolute atomic E-state index is 11.7. The van der Waals surface area contributed by atoms with Crippen LogP contribution in [0, 0.1) is 0 Å². The minimum atomic E-state index is -0.304. The van der Waals surface area contributed by atoms with Crippen LogP contribution in [0.1, 0.15) is 16.8 Å². The molecule has 0 aliphatic carbocycles. The number of esters is 1. The molecule has 2 N–H and O–H groups in total. The molecule has 2 aromatic carbocycles. The molecular weight excluding hydrogens is 380 g/mol. The summed E-state index contributed by atoms with van der Waals surface area (Å²) in [5, 5.41) is 0.986. The Morgan fingerprint density at radius 1 is 1.13 bits per heavy atom. The van der Waals surface area contributed by atoms with Crippen LogP contribution in [0.15, 0.2) is 71.5 Å². The molecule has 0 unspecified atom stereocenters. The topological polar surface area (TPSA) is 87.6 Å². The van der Waals surface area contributed by atoms with Gasteiger partial charge in [-0.25, -0.2) is 0 Å². The maximum atomic E-state index is 11.7. The highest BCUT2D eigenvalue weighted by Gasteiger charge is 2.13. The van der Waals surface area contributed by atoms with Crippen LogP contribution in [-0.2, 0) is 29.1 Å². The number of nitrogens with zero attached hydrogens (tertiary/aromatic N) is 1. The lowest BCUT2D eigenvalue weighted by atomic mass is 10.0. The number of furan rings is 1. The fourth-order valence-electron chi connectivity index (χ4n) is 3.38. The molecular formula is C24H22N2O4. The van der Waals surface area contributed by atoms with E-state index in [-0.39, 0.29) is 12.4 Å². The van der Waals surface area contributed by atoms with Gasteiger partial charge in [0.25, 0.3) is 0 Å². The van der Waals surface area contributed by atoms with Gasteiger partial charge in [0.15, 0.2) is 0 Å². The zero-order chi connectivity index (χ0) is 20.9. The summed E-state index contributed by atoms with van der Waals surface area (Å²) >= 11 is 0. The lowest BCUT2D eigenvalue weighted by molar-refractivity contribution is -0.139. The molecule has 0 spiro atoms. The number of nitrogens with two attached hydrogens (primary N) is 1. The third kappa shape index (κ3) is 4.18. The molecule has 4 rings (SSSR count). The number of carbonyl (C=O) groups is 1. The van der Waals surface area contributed by atoms with Crippen molar-refractivity contribution in [3.63, 3.8) is 0 Å². The number of aromatic nitrogens is 1. The van der Waals surface area contributed by atoms with E-state index in [4.69, 9.17) is 19.6 Å². The quantitative estimate of drug-likeness (QED) is 0.465. The minimum absolute atomic E-state index is 0.164. The van der Waals surface area contributed by atoms with Crippen molar-refractivity contribution in [3.05, 3.63) is 83.9 Å². The second-order valence-electron chi connectivity index (χ2n) is 6.87. The van der Waals surface area contributed by atoms with E-state index in [0.29, 0.717) is 18.9 Å². The first-order chi connectivity index (χ1) is 14.7. The normalized spacial score (nSPS) is 10.9. The fraction of sp³-hybridized carbons (Fsp3) is 0.167. The van der Waals surface area contributed by atoms with E-state index >= 15 is 0 Å². The number of methoxy groups -OCH3 is 1. The summed E-state index contributed by atoms with van der Waals surface area (Å²) in [4.78, 5) is 15.9. The number of fused-ring (bicyclic) bond motifs is 1. The van der Waals surface area contributed by atoms with Crippen LogP contribution in [0.3, 0.4) is 0 Å². The summed E-state index contributed by atoms with van der Waals surface area (Å²) in [5.74, 6) is 0.354. The van der Waals surface area contributed by atoms with Crippen molar-refractivity contribution >= 4 is 16.9 Å². The highest BCUT2D eigenvalue weighted by molar-refractivity contribution is 5.93. The Balaban J connectivity index is 1.64. The van der Waals surface area contributed by atoms with E-state index in [1.54, 1.807) is 12.5 Å². The predicted octanol–water partition coefficient (Wildman–Crippen LogP) is 4.25. The van der Waals surface area contributed by atoms with Crippen molar-refractivity contribution in [1.82, 2.24) is 4.98 Å². The summed E-state index contributed by atoms with van der Waals surface area (Å²) < 4.78 is 16.6. The van der Waals surface area contributed by atoms with Gasteiger partial charge in [-0.3, -0.25) is 9.78 Å². The molecule has 30 heavy (non-hydrogen) atoms. The highest BCUT2D eigenvalue weighted by atomic mass is 16.5. The lowest BCUT2D eigenvalue weighted by Crippen LogP contribution is -2.06. The molecule has 0 bridgehead atoms. The molecule has 4 aromatic rings. The number of carbonyl (C=O) groups excluding carboxylic acids is 1. The molecule has 0 amide bonds. The molecule has 0 fully saturated rings. The third-order valence-corrected chi connectivity index (χ3v) is 4.88. The molecule has 0 aliphatic rings. The Hall–Kier alpha value is -3.64. The molecule has 0 saturated carbocycles. The maximum Gasteiger partial charge on any atom is 0.310 e. The van der Waals surface area contributed by atoms with Crippen molar-refractivity contribution in [2.75, 3.05) is 7.11 Å². The Kier molecular flexibility index (Phi) is 5.77. The van der Waals surface area contributed by atoms with Crippen LogP contribution in [-0.4, -0.2) is 18.1 Å². The second kappa shape index (κ2) is 8.80. The number of rotatable bonds is 7. The van der Waals surface area contributed by atoms with Crippen molar-refractivity contribution in [1.29, 1.82) is 0 Å². The number of benzene rings is 2. The SMILES string of the molecule is COC(=O)Cc1ccccc1OCc1cc(-c2ccnc(CN)c2)c2occc2c1. The summed E-state index contributed by atoms with van der Waals surface area (Å²) in [6, 6.07) is 17.4. The van der Waals surface area contributed by atoms with Gasteiger partial charge in [0.1, 0.15) is 17.9 Å².